The highest BCUT2D eigenvalue weighted by atomic mass is 15.2. The molecular weight excluding hydrogens is 200 g/mol. The second-order valence-electron chi connectivity index (χ2n) is 5.06. The summed E-state index contributed by atoms with van der Waals surface area (Å²) in [6, 6.07) is 0. The van der Waals surface area contributed by atoms with Gasteiger partial charge in [0.25, 0.3) is 0 Å². The largest absolute Gasteiger partial charge is 0.354 e. The molecule has 3 rings (SSSR count). The Hall–Kier alpha value is -1.16. The highest BCUT2D eigenvalue weighted by Gasteiger charge is 2.40. The number of anilines is 1. The van der Waals surface area contributed by atoms with Crippen LogP contribution < -0.4 is 10.2 Å². The first-order chi connectivity index (χ1) is 7.79. The SMILES string of the molecule is Cc1nccnc1N1CCC2(CCNC2)C1. The van der Waals surface area contributed by atoms with Crippen LogP contribution in [-0.4, -0.2) is 36.1 Å². The summed E-state index contributed by atoms with van der Waals surface area (Å²) in [7, 11) is 0. The molecular formula is C12H18N4. The lowest BCUT2D eigenvalue weighted by Crippen LogP contribution is -2.29. The fraction of sp³-hybridized carbons (Fsp3) is 0.667. The zero-order chi connectivity index (χ0) is 11.0. The summed E-state index contributed by atoms with van der Waals surface area (Å²) in [5.41, 5.74) is 1.55. The number of aryl methyl sites for hydroxylation is 1. The van der Waals surface area contributed by atoms with E-state index in [4.69, 9.17) is 0 Å². The molecule has 2 aliphatic rings. The van der Waals surface area contributed by atoms with Gasteiger partial charge in [-0.05, 0) is 26.3 Å². The molecule has 0 aromatic carbocycles. The molecule has 1 unspecified atom stereocenters. The van der Waals surface area contributed by atoms with E-state index in [0.29, 0.717) is 5.41 Å². The lowest BCUT2D eigenvalue weighted by Gasteiger charge is -2.23. The molecule has 1 aromatic rings. The molecule has 1 spiro atoms. The topological polar surface area (TPSA) is 41.1 Å². The molecule has 2 aliphatic heterocycles. The number of nitrogens with one attached hydrogen (secondary N) is 1. The van der Waals surface area contributed by atoms with Crippen LogP contribution in [0.25, 0.3) is 0 Å². The Labute approximate surface area is 96.1 Å². The molecule has 0 amide bonds. The Morgan fingerprint density at radius 2 is 2.19 bits per heavy atom. The summed E-state index contributed by atoms with van der Waals surface area (Å²) >= 11 is 0. The maximum Gasteiger partial charge on any atom is 0.150 e. The van der Waals surface area contributed by atoms with E-state index in [1.807, 2.05) is 6.92 Å². The Bertz CT molecular complexity index is 384. The summed E-state index contributed by atoms with van der Waals surface area (Å²) in [6.07, 6.45) is 6.15. The van der Waals surface area contributed by atoms with Gasteiger partial charge >= 0.3 is 0 Å². The van der Waals surface area contributed by atoms with Crippen LogP contribution in [0.4, 0.5) is 5.82 Å². The summed E-state index contributed by atoms with van der Waals surface area (Å²) < 4.78 is 0. The van der Waals surface area contributed by atoms with Crippen LogP contribution >= 0.6 is 0 Å². The van der Waals surface area contributed by atoms with E-state index in [0.717, 1.165) is 24.6 Å². The van der Waals surface area contributed by atoms with Gasteiger partial charge in [-0.15, -0.1) is 0 Å². The van der Waals surface area contributed by atoms with Gasteiger partial charge in [-0.2, -0.15) is 0 Å². The minimum absolute atomic E-state index is 0.504. The molecule has 1 N–H and O–H groups in total. The smallest absolute Gasteiger partial charge is 0.150 e. The maximum absolute atomic E-state index is 4.46. The van der Waals surface area contributed by atoms with Gasteiger partial charge in [0.2, 0.25) is 0 Å². The van der Waals surface area contributed by atoms with E-state index in [1.54, 1.807) is 12.4 Å². The van der Waals surface area contributed by atoms with Crippen molar-refractivity contribution in [3.63, 3.8) is 0 Å². The Morgan fingerprint density at radius 3 is 2.94 bits per heavy atom. The number of nitrogens with zero attached hydrogens (tertiary/aromatic N) is 3. The van der Waals surface area contributed by atoms with Crippen molar-refractivity contribution in [2.45, 2.75) is 19.8 Å². The van der Waals surface area contributed by atoms with E-state index < -0.39 is 0 Å². The van der Waals surface area contributed by atoms with Crippen LogP contribution in [0.3, 0.4) is 0 Å². The Kier molecular flexibility index (Phi) is 2.32. The van der Waals surface area contributed by atoms with E-state index in [2.05, 4.69) is 20.2 Å². The molecule has 16 heavy (non-hydrogen) atoms. The molecule has 0 saturated carbocycles. The summed E-state index contributed by atoms with van der Waals surface area (Å²) in [5.74, 6) is 1.08. The number of hydrogen-bond acceptors (Lipinski definition) is 4. The second-order valence-corrected chi connectivity index (χ2v) is 5.06. The van der Waals surface area contributed by atoms with Crippen LogP contribution in [0.5, 0.6) is 0 Å². The predicted molar refractivity (Wildman–Crippen MR) is 63.5 cm³/mol. The second kappa shape index (κ2) is 3.70. The molecule has 1 aromatic heterocycles. The van der Waals surface area contributed by atoms with Crippen molar-refractivity contribution in [2.75, 3.05) is 31.1 Å². The molecule has 86 valence electrons. The molecule has 0 bridgehead atoms. The highest BCUT2D eigenvalue weighted by Crippen LogP contribution is 2.37. The minimum atomic E-state index is 0.504. The standard InChI is InChI=1S/C12H18N4/c1-10-11(15-6-5-14-10)16-7-3-12(9-16)2-4-13-8-12/h5-6,13H,2-4,7-9H2,1H3. The van der Waals surface area contributed by atoms with Crippen LogP contribution in [0.1, 0.15) is 18.5 Å². The van der Waals surface area contributed by atoms with Crippen LogP contribution in [-0.2, 0) is 0 Å². The summed E-state index contributed by atoms with van der Waals surface area (Å²) in [5, 5.41) is 3.48. The third kappa shape index (κ3) is 1.57. The van der Waals surface area contributed by atoms with Gasteiger partial charge in [-0.1, -0.05) is 0 Å². The highest BCUT2D eigenvalue weighted by molar-refractivity contribution is 5.44. The average molecular weight is 218 g/mol. The van der Waals surface area contributed by atoms with Gasteiger partial charge in [0.05, 0.1) is 5.69 Å². The van der Waals surface area contributed by atoms with Crippen molar-refractivity contribution in [2.24, 2.45) is 5.41 Å². The van der Waals surface area contributed by atoms with E-state index in [9.17, 15) is 0 Å². The molecule has 2 fully saturated rings. The normalized spacial score (nSPS) is 29.2. The van der Waals surface area contributed by atoms with Gasteiger partial charge in [-0.3, -0.25) is 4.98 Å². The molecule has 0 aliphatic carbocycles. The molecule has 0 radical (unpaired) electrons. The third-order valence-electron chi connectivity index (χ3n) is 3.93. The van der Waals surface area contributed by atoms with E-state index in [-0.39, 0.29) is 0 Å². The maximum atomic E-state index is 4.46. The van der Waals surface area contributed by atoms with E-state index >= 15 is 0 Å². The molecule has 1 atom stereocenters. The summed E-state index contributed by atoms with van der Waals surface area (Å²) in [6.45, 7) is 6.65. The monoisotopic (exact) mass is 218 g/mol. The zero-order valence-electron chi connectivity index (χ0n) is 9.74. The third-order valence-corrected chi connectivity index (χ3v) is 3.93. The van der Waals surface area contributed by atoms with Crippen molar-refractivity contribution < 1.29 is 0 Å². The zero-order valence-corrected chi connectivity index (χ0v) is 9.74. The fourth-order valence-corrected chi connectivity index (χ4v) is 2.97. The van der Waals surface area contributed by atoms with Crippen molar-refractivity contribution in [3.8, 4) is 0 Å². The summed E-state index contributed by atoms with van der Waals surface area (Å²) in [4.78, 5) is 11.2. The van der Waals surface area contributed by atoms with Crippen LogP contribution in [0, 0.1) is 12.3 Å². The first-order valence-electron chi connectivity index (χ1n) is 6.02. The van der Waals surface area contributed by atoms with Crippen molar-refractivity contribution in [1.29, 1.82) is 0 Å². The van der Waals surface area contributed by atoms with Gasteiger partial charge < -0.3 is 10.2 Å². The Morgan fingerprint density at radius 1 is 1.31 bits per heavy atom. The lowest BCUT2D eigenvalue weighted by atomic mass is 9.87. The average Bonchev–Trinajstić information content (AvgIpc) is 2.91. The molecule has 4 heteroatoms. The first kappa shape index (κ1) is 10.0. The van der Waals surface area contributed by atoms with Crippen molar-refractivity contribution in [1.82, 2.24) is 15.3 Å². The predicted octanol–water partition coefficient (Wildman–Crippen LogP) is 0.975. The molecule has 3 heterocycles. The van der Waals surface area contributed by atoms with E-state index in [1.165, 1.54) is 25.9 Å². The lowest BCUT2D eigenvalue weighted by molar-refractivity contribution is 0.369. The van der Waals surface area contributed by atoms with Crippen molar-refractivity contribution in [3.05, 3.63) is 18.1 Å². The van der Waals surface area contributed by atoms with Crippen LogP contribution in [0.2, 0.25) is 0 Å². The number of aromatic nitrogens is 2. The van der Waals surface area contributed by atoms with Gasteiger partial charge in [0.15, 0.2) is 0 Å². The van der Waals surface area contributed by atoms with Crippen LogP contribution in [0.15, 0.2) is 12.4 Å². The van der Waals surface area contributed by atoms with Gasteiger partial charge in [0, 0.05) is 37.4 Å². The number of rotatable bonds is 1. The Balaban J connectivity index is 1.81. The quantitative estimate of drug-likeness (QED) is 0.762. The first-order valence-corrected chi connectivity index (χ1v) is 6.02. The van der Waals surface area contributed by atoms with Gasteiger partial charge in [0.1, 0.15) is 5.82 Å². The molecule has 4 nitrogen and oxygen atoms in total. The van der Waals surface area contributed by atoms with Crippen molar-refractivity contribution >= 4 is 5.82 Å². The number of hydrogen-bond donors (Lipinski definition) is 1. The fourth-order valence-electron chi connectivity index (χ4n) is 2.97. The minimum Gasteiger partial charge on any atom is -0.354 e. The molecule has 2 saturated heterocycles. The van der Waals surface area contributed by atoms with Gasteiger partial charge in [-0.25, -0.2) is 4.98 Å².